The van der Waals surface area contributed by atoms with Crippen molar-refractivity contribution >= 4 is 17.2 Å². The van der Waals surface area contributed by atoms with E-state index in [0.717, 1.165) is 70.7 Å². The Morgan fingerprint density at radius 1 is 1.32 bits per heavy atom. The number of hydrogen-bond donors (Lipinski definition) is 0. The molecule has 0 aromatic carbocycles. The van der Waals surface area contributed by atoms with Crippen molar-refractivity contribution in [2.45, 2.75) is 44.8 Å². The summed E-state index contributed by atoms with van der Waals surface area (Å²) in [5.74, 6) is 0.297. The zero-order chi connectivity index (χ0) is 15.2. The second-order valence-electron chi connectivity index (χ2n) is 6.16. The van der Waals surface area contributed by atoms with Gasteiger partial charge >= 0.3 is 0 Å². The molecule has 1 aromatic rings. The normalized spacial score (nSPS) is 23.6. The summed E-state index contributed by atoms with van der Waals surface area (Å²) in [4.78, 5) is 21.2. The highest BCUT2D eigenvalue weighted by Gasteiger charge is 2.22. The molecular weight excluding hydrogens is 298 g/mol. The lowest BCUT2D eigenvalue weighted by Crippen LogP contribution is -2.35. The summed E-state index contributed by atoms with van der Waals surface area (Å²) in [7, 11) is 0. The second-order valence-corrected chi connectivity index (χ2v) is 6.88. The second kappa shape index (κ2) is 8.04. The Kier molecular flexibility index (Phi) is 5.81. The minimum atomic E-state index is 0.297. The van der Waals surface area contributed by atoms with Crippen LogP contribution in [0, 0.1) is 0 Å². The molecule has 0 bridgehead atoms. The molecule has 6 heteroatoms. The van der Waals surface area contributed by atoms with Gasteiger partial charge in [0, 0.05) is 51.1 Å². The van der Waals surface area contributed by atoms with Crippen LogP contribution < -0.4 is 0 Å². The summed E-state index contributed by atoms with van der Waals surface area (Å²) in [6, 6.07) is 0. The summed E-state index contributed by atoms with van der Waals surface area (Å²) in [6.45, 7) is 5.50. The molecule has 122 valence electrons. The molecular formula is C16H25N3O2S. The molecule has 2 fully saturated rings. The van der Waals surface area contributed by atoms with E-state index in [1.54, 1.807) is 11.3 Å². The smallest absolute Gasteiger partial charge is 0.222 e. The molecule has 1 aromatic heterocycles. The summed E-state index contributed by atoms with van der Waals surface area (Å²) in [5, 5.41) is 2.11. The fourth-order valence-corrected chi connectivity index (χ4v) is 3.79. The van der Waals surface area contributed by atoms with Crippen LogP contribution in [0.4, 0.5) is 0 Å². The monoisotopic (exact) mass is 323 g/mol. The predicted molar refractivity (Wildman–Crippen MR) is 86.8 cm³/mol. The largest absolute Gasteiger partial charge is 0.378 e. The van der Waals surface area contributed by atoms with E-state index in [2.05, 4.69) is 15.3 Å². The van der Waals surface area contributed by atoms with Gasteiger partial charge in [-0.1, -0.05) is 0 Å². The van der Waals surface area contributed by atoms with Crippen molar-refractivity contribution in [3.63, 3.8) is 0 Å². The third-order valence-electron chi connectivity index (χ3n) is 4.51. The van der Waals surface area contributed by atoms with Gasteiger partial charge in [-0.15, -0.1) is 11.3 Å². The van der Waals surface area contributed by atoms with Crippen LogP contribution >= 0.6 is 11.3 Å². The fraction of sp³-hybridized carbons (Fsp3) is 0.750. The summed E-state index contributed by atoms with van der Waals surface area (Å²) in [5.41, 5.74) is 3.02. The number of rotatable bonds is 5. The van der Waals surface area contributed by atoms with E-state index in [1.807, 2.05) is 10.4 Å². The first-order chi connectivity index (χ1) is 10.8. The third kappa shape index (κ3) is 4.51. The molecule has 22 heavy (non-hydrogen) atoms. The number of carbonyl (C=O) groups is 1. The number of ether oxygens (including phenoxy) is 1. The molecule has 1 atom stereocenters. The summed E-state index contributed by atoms with van der Waals surface area (Å²) >= 11 is 1.64. The zero-order valence-electron chi connectivity index (χ0n) is 13.1. The van der Waals surface area contributed by atoms with Gasteiger partial charge in [0.1, 0.15) is 0 Å². The van der Waals surface area contributed by atoms with Crippen molar-refractivity contribution in [2.24, 2.45) is 0 Å². The quantitative estimate of drug-likeness (QED) is 0.833. The maximum atomic E-state index is 12.4. The Hall–Kier alpha value is -0.980. The minimum absolute atomic E-state index is 0.297. The van der Waals surface area contributed by atoms with Crippen LogP contribution in [0.2, 0.25) is 0 Å². The number of hydrogen-bond acceptors (Lipinski definition) is 5. The highest BCUT2D eigenvalue weighted by molar-refractivity contribution is 7.07. The van der Waals surface area contributed by atoms with Crippen molar-refractivity contribution in [3.8, 4) is 0 Å². The topological polar surface area (TPSA) is 45.7 Å². The average Bonchev–Trinajstić information content (AvgIpc) is 3.16. The van der Waals surface area contributed by atoms with Gasteiger partial charge in [-0.2, -0.15) is 0 Å². The van der Waals surface area contributed by atoms with Gasteiger partial charge < -0.3 is 9.64 Å². The molecule has 5 nitrogen and oxygen atoms in total. The lowest BCUT2D eigenvalue weighted by Gasteiger charge is -2.22. The number of aromatic nitrogens is 1. The number of carbonyl (C=O) groups excluding carboxylic acids is 1. The first-order valence-corrected chi connectivity index (χ1v) is 9.24. The Morgan fingerprint density at radius 3 is 3.05 bits per heavy atom. The number of amides is 1. The Morgan fingerprint density at radius 2 is 2.27 bits per heavy atom. The van der Waals surface area contributed by atoms with E-state index >= 15 is 0 Å². The van der Waals surface area contributed by atoms with E-state index in [-0.39, 0.29) is 0 Å². The maximum Gasteiger partial charge on any atom is 0.222 e. The standard InChI is InChI=1S/C16H25N3O2S/c20-16(5-4-15-3-1-10-21-15)19-7-2-6-18(8-9-19)11-14-12-22-13-17-14/h12-13,15H,1-11H2/t15-/m0/s1. The van der Waals surface area contributed by atoms with Crippen molar-refractivity contribution < 1.29 is 9.53 Å². The molecule has 0 aliphatic carbocycles. The van der Waals surface area contributed by atoms with E-state index in [4.69, 9.17) is 4.74 Å². The lowest BCUT2D eigenvalue weighted by atomic mass is 10.1. The SMILES string of the molecule is O=C(CC[C@@H]1CCCO1)N1CCCN(Cc2cscn2)CC1. The minimum Gasteiger partial charge on any atom is -0.378 e. The number of nitrogens with zero attached hydrogens (tertiary/aromatic N) is 3. The van der Waals surface area contributed by atoms with E-state index in [0.29, 0.717) is 18.4 Å². The van der Waals surface area contributed by atoms with Crippen LogP contribution in [0.3, 0.4) is 0 Å². The van der Waals surface area contributed by atoms with Crippen molar-refractivity contribution in [3.05, 3.63) is 16.6 Å². The van der Waals surface area contributed by atoms with Crippen molar-refractivity contribution in [2.75, 3.05) is 32.8 Å². The first kappa shape index (κ1) is 15.9. The zero-order valence-corrected chi connectivity index (χ0v) is 13.9. The van der Waals surface area contributed by atoms with E-state index < -0.39 is 0 Å². The molecule has 0 unspecified atom stereocenters. The van der Waals surface area contributed by atoms with Crippen LogP contribution in [0.25, 0.3) is 0 Å². The molecule has 0 radical (unpaired) electrons. The third-order valence-corrected chi connectivity index (χ3v) is 5.15. The van der Waals surface area contributed by atoms with Crippen LogP contribution in [-0.2, 0) is 16.1 Å². The average molecular weight is 323 g/mol. The molecule has 2 saturated heterocycles. The van der Waals surface area contributed by atoms with Gasteiger partial charge in [-0.05, 0) is 25.7 Å². The summed E-state index contributed by atoms with van der Waals surface area (Å²) < 4.78 is 5.61. The highest BCUT2D eigenvalue weighted by atomic mass is 32.1. The summed E-state index contributed by atoms with van der Waals surface area (Å²) in [6.07, 6.45) is 5.16. The van der Waals surface area contributed by atoms with Gasteiger partial charge in [0.05, 0.1) is 17.3 Å². The van der Waals surface area contributed by atoms with Gasteiger partial charge in [-0.25, -0.2) is 4.98 Å². The van der Waals surface area contributed by atoms with E-state index in [1.165, 1.54) is 0 Å². The van der Waals surface area contributed by atoms with Gasteiger partial charge in [0.15, 0.2) is 0 Å². The first-order valence-electron chi connectivity index (χ1n) is 8.30. The Labute approximate surface area is 136 Å². The maximum absolute atomic E-state index is 12.4. The predicted octanol–water partition coefficient (Wildman–Crippen LogP) is 2.14. The molecule has 3 rings (SSSR count). The molecule has 0 spiro atoms. The van der Waals surface area contributed by atoms with Gasteiger partial charge in [0.2, 0.25) is 5.91 Å². The van der Waals surface area contributed by atoms with Gasteiger partial charge in [0.25, 0.3) is 0 Å². The van der Waals surface area contributed by atoms with E-state index in [9.17, 15) is 4.79 Å². The lowest BCUT2D eigenvalue weighted by molar-refractivity contribution is -0.131. The van der Waals surface area contributed by atoms with Crippen molar-refractivity contribution in [1.82, 2.24) is 14.8 Å². The van der Waals surface area contributed by atoms with Crippen LogP contribution in [0.5, 0.6) is 0 Å². The number of thiazole rings is 1. The molecule has 0 N–H and O–H groups in total. The molecule has 0 saturated carbocycles. The van der Waals surface area contributed by atoms with Crippen LogP contribution in [0.1, 0.15) is 37.8 Å². The molecule has 1 amide bonds. The fourth-order valence-electron chi connectivity index (χ4n) is 3.24. The van der Waals surface area contributed by atoms with Crippen molar-refractivity contribution in [1.29, 1.82) is 0 Å². The Balaban J connectivity index is 1.42. The molecule has 2 aliphatic heterocycles. The highest BCUT2D eigenvalue weighted by Crippen LogP contribution is 2.18. The Bertz CT molecular complexity index is 460. The van der Waals surface area contributed by atoms with Crippen LogP contribution in [-0.4, -0.2) is 59.6 Å². The van der Waals surface area contributed by atoms with Crippen LogP contribution in [0.15, 0.2) is 10.9 Å². The van der Waals surface area contributed by atoms with Gasteiger partial charge in [-0.3, -0.25) is 9.69 Å². The molecule has 3 heterocycles. The molecule has 2 aliphatic rings.